The number of rotatable bonds is 4. The zero-order valence-electron chi connectivity index (χ0n) is 9.94. The van der Waals surface area contributed by atoms with E-state index in [0.29, 0.717) is 18.3 Å². The molecule has 0 aromatic carbocycles. The molecule has 1 fully saturated rings. The van der Waals surface area contributed by atoms with Gasteiger partial charge in [0.25, 0.3) is 0 Å². The molecule has 18 heavy (non-hydrogen) atoms. The van der Waals surface area contributed by atoms with E-state index in [1.54, 1.807) is 17.8 Å². The molecule has 0 atom stereocenters. The maximum atomic E-state index is 10.9. The average Bonchev–Trinajstić information content (AvgIpc) is 2.97. The molecule has 1 aliphatic rings. The standard InChI is InChI=1S/C11H13N5O2/c1-7-10(11(17)18)13-14-16(7)5-9-4-12-6-15(9)8-2-3-8/h4,6,8H,2-3,5H2,1H3,(H,17,18). The van der Waals surface area contributed by atoms with Gasteiger partial charge in [-0.2, -0.15) is 0 Å². The summed E-state index contributed by atoms with van der Waals surface area (Å²) in [5, 5.41) is 16.5. The van der Waals surface area contributed by atoms with Gasteiger partial charge in [-0.25, -0.2) is 14.5 Å². The number of carboxylic acids is 1. The number of imidazole rings is 1. The van der Waals surface area contributed by atoms with Crippen molar-refractivity contribution in [3.05, 3.63) is 29.6 Å². The van der Waals surface area contributed by atoms with Crippen LogP contribution in [0.4, 0.5) is 0 Å². The van der Waals surface area contributed by atoms with Crippen LogP contribution in [0.3, 0.4) is 0 Å². The third kappa shape index (κ3) is 1.77. The number of aromatic carboxylic acids is 1. The molecule has 0 aliphatic heterocycles. The van der Waals surface area contributed by atoms with Crippen LogP contribution in [0.5, 0.6) is 0 Å². The summed E-state index contributed by atoms with van der Waals surface area (Å²) in [4.78, 5) is 15.0. The molecule has 0 radical (unpaired) electrons. The summed E-state index contributed by atoms with van der Waals surface area (Å²) < 4.78 is 3.72. The number of nitrogens with zero attached hydrogens (tertiary/aromatic N) is 5. The molecule has 94 valence electrons. The zero-order chi connectivity index (χ0) is 12.7. The molecule has 0 spiro atoms. The van der Waals surface area contributed by atoms with Crippen molar-refractivity contribution in [3.63, 3.8) is 0 Å². The molecule has 7 nitrogen and oxygen atoms in total. The van der Waals surface area contributed by atoms with Crippen LogP contribution < -0.4 is 0 Å². The summed E-state index contributed by atoms with van der Waals surface area (Å²) in [5.74, 6) is -1.05. The molecule has 1 saturated carbocycles. The lowest BCUT2D eigenvalue weighted by molar-refractivity contribution is 0.0689. The maximum Gasteiger partial charge on any atom is 0.358 e. The van der Waals surface area contributed by atoms with E-state index in [0.717, 1.165) is 5.69 Å². The fourth-order valence-electron chi connectivity index (χ4n) is 2.00. The molecular formula is C11H13N5O2. The van der Waals surface area contributed by atoms with E-state index in [1.165, 1.54) is 12.8 Å². The van der Waals surface area contributed by atoms with Crippen LogP contribution >= 0.6 is 0 Å². The van der Waals surface area contributed by atoms with Gasteiger partial charge in [0.15, 0.2) is 5.69 Å². The van der Waals surface area contributed by atoms with E-state index in [2.05, 4.69) is 19.9 Å². The summed E-state index contributed by atoms with van der Waals surface area (Å²) in [6, 6.07) is 0.547. The minimum absolute atomic E-state index is 0.00693. The van der Waals surface area contributed by atoms with Crippen LogP contribution in [-0.4, -0.2) is 35.6 Å². The SMILES string of the molecule is Cc1c(C(=O)O)nnn1Cc1cncn1C1CC1. The second kappa shape index (κ2) is 3.94. The highest BCUT2D eigenvalue weighted by Gasteiger charge is 2.25. The van der Waals surface area contributed by atoms with Crippen LogP contribution in [0.2, 0.25) is 0 Å². The molecule has 2 heterocycles. The molecule has 2 aromatic heterocycles. The van der Waals surface area contributed by atoms with Crippen molar-refractivity contribution in [1.82, 2.24) is 24.5 Å². The van der Waals surface area contributed by atoms with E-state index in [-0.39, 0.29) is 5.69 Å². The Balaban J connectivity index is 1.88. The van der Waals surface area contributed by atoms with Gasteiger partial charge < -0.3 is 9.67 Å². The van der Waals surface area contributed by atoms with Crippen molar-refractivity contribution < 1.29 is 9.90 Å². The van der Waals surface area contributed by atoms with Crippen molar-refractivity contribution >= 4 is 5.97 Å². The first-order valence-electron chi connectivity index (χ1n) is 5.81. The summed E-state index contributed by atoms with van der Waals surface area (Å²) in [6.07, 6.45) is 5.97. The number of carboxylic acid groups (broad SMARTS) is 1. The molecule has 2 aromatic rings. The Morgan fingerprint density at radius 3 is 2.94 bits per heavy atom. The van der Waals surface area contributed by atoms with E-state index in [1.807, 2.05) is 6.33 Å². The lowest BCUT2D eigenvalue weighted by atomic mass is 10.3. The van der Waals surface area contributed by atoms with Crippen LogP contribution in [0.25, 0.3) is 0 Å². The van der Waals surface area contributed by atoms with Crippen molar-refractivity contribution in [3.8, 4) is 0 Å². The topological polar surface area (TPSA) is 85.8 Å². The molecule has 0 saturated heterocycles. The van der Waals surface area contributed by atoms with Gasteiger partial charge in [-0.05, 0) is 19.8 Å². The summed E-state index contributed by atoms with van der Waals surface area (Å²) in [6.45, 7) is 2.21. The quantitative estimate of drug-likeness (QED) is 0.866. The second-order valence-corrected chi connectivity index (χ2v) is 4.51. The minimum Gasteiger partial charge on any atom is -0.476 e. The summed E-state index contributed by atoms with van der Waals surface area (Å²) >= 11 is 0. The first-order valence-corrected chi connectivity index (χ1v) is 5.81. The number of aromatic nitrogens is 5. The van der Waals surface area contributed by atoms with Gasteiger partial charge >= 0.3 is 5.97 Å². The lowest BCUT2D eigenvalue weighted by Gasteiger charge is -2.07. The van der Waals surface area contributed by atoms with Gasteiger partial charge in [0.1, 0.15) is 0 Å². The Kier molecular flexibility index (Phi) is 2.39. The summed E-state index contributed by atoms with van der Waals surface area (Å²) in [7, 11) is 0. The van der Waals surface area contributed by atoms with Crippen LogP contribution in [-0.2, 0) is 6.54 Å². The van der Waals surface area contributed by atoms with Gasteiger partial charge in [0.05, 0.1) is 30.5 Å². The van der Waals surface area contributed by atoms with E-state index < -0.39 is 5.97 Å². The highest BCUT2D eigenvalue weighted by Crippen LogP contribution is 2.35. The number of hydrogen-bond donors (Lipinski definition) is 1. The van der Waals surface area contributed by atoms with Crippen LogP contribution in [0.15, 0.2) is 12.5 Å². The fraction of sp³-hybridized carbons (Fsp3) is 0.455. The Labute approximate surface area is 103 Å². The first-order chi connectivity index (χ1) is 8.66. The number of hydrogen-bond acceptors (Lipinski definition) is 4. The Morgan fingerprint density at radius 2 is 2.33 bits per heavy atom. The van der Waals surface area contributed by atoms with E-state index in [4.69, 9.17) is 5.11 Å². The molecule has 0 unspecified atom stereocenters. The molecule has 1 N–H and O–H groups in total. The molecular weight excluding hydrogens is 234 g/mol. The Bertz CT molecular complexity index is 596. The highest BCUT2D eigenvalue weighted by molar-refractivity contribution is 5.86. The lowest BCUT2D eigenvalue weighted by Crippen LogP contribution is -2.09. The number of carbonyl (C=O) groups is 1. The van der Waals surface area contributed by atoms with Crippen molar-refractivity contribution in [1.29, 1.82) is 0 Å². The van der Waals surface area contributed by atoms with Gasteiger partial charge in [0.2, 0.25) is 0 Å². The predicted octanol–water partition coefficient (Wildman–Crippen LogP) is 0.864. The third-order valence-electron chi connectivity index (χ3n) is 3.18. The second-order valence-electron chi connectivity index (χ2n) is 4.51. The fourth-order valence-corrected chi connectivity index (χ4v) is 2.00. The largest absolute Gasteiger partial charge is 0.476 e. The van der Waals surface area contributed by atoms with Gasteiger partial charge in [-0.1, -0.05) is 5.21 Å². The van der Waals surface area contributed by atoms with Gasteiger partial charge in [0, 0.05) is 6.04 Å². The summed E-state index contributed by atoms with van der Waals surface area (Å²) in [5.41, 5.74) is 1.60. The van der Waals surface area contributed by atoms with E-state index in [9.17, 15) is 4.79 Å². The Hall–Kier alpha value is -2.18. The molecule has 3 rings (SSSR count). The molecule has 0 amide bonds. The highest BCUT2D eigenvalue weighted by atomic mass is 16.4. The van der Waals surface area contributed by atoms with Gasteiger partial charge in [-0.15, -0.1) is 5.10 Å². The van der Waals surface area contributed by atoms with Crippen molar-refractivity contribution in [2.45, 2.75) is 32.4 Å². The average molecular weight is 247 g/mol. The molecule has 1 aliphatic carbocycles. The molecule has 0 bridgehead atoms. The predicted molar refractivity (Wildman–Crippen MR) is 61.3 cm³/mol. The molecule has 7 heteroatoms. The van der Waals surface area contributed by atoms with Crippen LogP contribution in [0.1, 0.15) is 40.8 Å². The zero-order valence-corrected chi connectivity index (χ0v) is 9.94. The van der Waals surface area contributed by atoms with Crippen molar-refractivity contribution in [2.75, 3.05) is 0 Å². The minimum atomic E-state index is -1.05. The van der Waals surface area contributed by atoms with Crippen molar-refractivity contribution in [2.24, 2.45) is 0 Å². The maximum absolute atomic E-state index is 10.9. The van der Waals surface area contributed by atoms with Crippen LogP contribution in [0, 0.1) is 6.92 Å². The normalized spacial score (nSPS) is 14.9. The Morgan fingerprint density at radius 1 is 1.56 bits per heavy atom. The van der Waals surface area contributed by atoms with Gasteiger partial charge in [-0.3, -0.25) is 0 Å². The smallest absolute Gasteiger partial charge is 0.358 e. The first kappa shape index (κ1) is 10.9. The third-order valence-corrected chi connectivity index (χ3v) is 3.18. The monoisotopic (exact) mass is 247 g/mol. The van der Waals surface area contributed by atoms with E-state index >= 15 is 0 Å².